The van der Waals surface area contributed by atoms with Crippen molar-refractivity contribution in [1.29, 1.82) is 0 Å². The maximum atomic E-state index is 13.6. The first-order valence-corrected chi connectivity index (χ1v) is 10.2. The highest BCUT2D eigenvalue weighted by Gasteiger charge is 2.39. The number of hydrogen-bond acceptors (Lipinski definition) is 4. The van der Waals surface area contributed by atoms with Crippen molar-refractivity contribution < 1.29 is 23.2 Å². The van der Waals surface area contributed by atoms with Crippen LogP contribution in [0, 0.1) is 11.6 Å². The van der Waals surface area contributed by atoms with Crippen LogP contribution in [0.2, 0.25) is 0 Å². The molecule has 1 aliphatic heterocycles. The molecule has 1 saturated heterocycles. The lowest BCUT2D eigenvalue weighted by Gasteiger charge is -2.31. The second-order valence-electron chi connectivity index (χ2n) is 7.78. The Morgan fingerprint density at radius 2 is 1.81 bits per heavy atom. The number of nitrogens with one attached hydrogen (secondary N) is 1. The number of benzene rings is 2. The molecule has 3 N–H and O–H groups in total. The van der Waals surface area contributed by atoms with Gasteiger partial charge in [0.05, 0.1) is 12.5 Å². The Labute approximate surface area is 179 Å². The number of carbonyl (C=O) groups is 3. The van der Waals surface area contributed by atoms with Crippen molar-refractivity contribution in [1.82, 2.24) is 10.2 Å². The van der Waals surface area contributed by atoms with Gasteiger partial charge in [-0.15, -0.1) is 0 Å². The zero-order valence-corrected chi connectivity index (χ0v) is 17.2. The van der Waals surface area contributed by atoms with E-state index in [4.69, 9.17) is 5.73 Å². The fraction of sp³-hybridized carbons (Fsp3) is 0.348. The van der Waals surface area contributed by atoms with Gasteiger partial charge in [-0.3, -0.25) is 19.3 Å². The molecular weight excluding hydrogens is 404 g/mol. The first kappa shape index (κ1) is 22.6. The Morgan fingerprint density at radius 1 is 1.16 bits per heavy atom. The van der Waals surface area contributed by atoms with Crippen molar-refractivity contribution >= 4 is 17.7 Å². The van der Waals surface area contributed by atoms with E-state index in [0.717, 1.165) is 22.6 Å². The van der Waals surface area contributed by atoms with Crippen molar-refractivity contribution in [3.63, 3.8) is 0 Å². The molecule has 1 fully saturated rings. The Hall–Kier alpha value is -3.13. The highest BCUT2D eigenvalue weighted by atomic mass is 19.1. The summed E-state index contributed by atoms with van der Waals surface area (Å²) < 4.78 is 27.1. The second kappa shape index (κ2) is 9.78. The van der Waals surface area contributed by atoms with Gasteiger partial charge in [0.2, 0.25) is 17.7 Å². The van der Waals surface area contributed by atoms with Crippen LogP contribution in [0.25, 0.3) is 0 Å². The summed E-state index contributed by atoms with van der Waals surface area (Å²) in [5, 5.41) is 2.76. The molecule has 3 amide bonds. The van der Waals surface area contributed by atoms with Crippen molar-refractivity contribution in [2.45, 2.75) is 44.2 Å². The van der Waals surface area contributed by atoms with E-state index in [-0.39, 0.29) is 17.9 Å². The summed E-state index contributed by atoms with van der Waals surface area (Å²) in [4.78, 5) is 39.6. The average molecular weight is 429 g/mol. The van der Waals surface area contributed by atoms with Crippen molar-refractivity contribution in [2.75, 3.05) is 6.54 Å². The average Bonchev–Trinajstić information content (AvgIpc) is 2.90. The lowest BCUT2D eigenvalue weighted by molar-refractivity contribution is -0.152. The molecule has 164 valence electrons. The summed E-state index contributed by atoms with van der Waals surface area (Å²) in [6, 6.07) is 10.2. The summed E-state index contributed by atoms with van der Waals surface area (Å²) in [5.41, 5.74) is 6.82. The minimum absolute atomic E-state index is 0.0621. The van der Waals surface area contributed by atoms with Gasteiger partial charge in [0.15, 0.2) is 0 Å². The van der Waals surface area contributed by atoms with Crippen LogP contribution in [0.5, 0.6) is 0 Å². The van der Waals surface area contributed by atoms with E-state index in [2.05, 4.69) is 5.32 Å². The first-order valence-electron chi connectivity index (χ1n) is 10.2. The van der Waals surface area contributed by atoms with E-state index < -0.39 is 47.9 Å². The molecule has 2 aromatic rings. The molecule has 8 heteroatoms. The van der Waals surface area contributed by atoms with Crippen LogP contribution in [0.1, 0.15) is 36.8 Å². The number of imide groups is 1. The fourth-order valence-electron chi connectivity index (χ4n) is 3.87. The van der Waals surface area contributed by atoms with Crippen LogP contribution in [-0.4, -0.2) is 41.2 Å². The second-order valence-corrected chi connectivity index (χ2v) is 7.78. The fourth-order valence-corrected chi connectivity index (χ4v) is 3.87. The SMILES string of the molecule is C[C@H](N)C(=O)N(C(=O)Cc1cc(F)cc(F)c1)[C@H]1C[C@H](c2ccccc2)CCNC1=O. The number of hydrogen-bond donors (Lipinski definition) is 2. The molecule has 31 heavy (non-hydrogen) atoms. The van der Waals surface area contributed by atoms with Gasteiger partial charge in [0.1, 0.15) is 17.7 Å². The van der Waals surface area contributed by atoms with Crippen LogP contribution >= 0.6 is 0 Å². The highest BCUT2D eigenvalue weighted by Crippen LogP contribution is 2.29. The van der Waals surface area contributed by atoms with Crippen molar-refractivity contribution in [3.8, 4) is 0 Å². The molecule has 2 aromatic carbocycles. The Bertz CT molecular complexity index is 946. The normalized spacial score (nSPS) is 19.8. The number of nitrogens with two attached hydrogens (primary N) is 1. The molecular formula is C23H25F2N3O3. The Balaban J connectivity index is 1.92. The quantitative estimate of drug-likeness (QED) is 0.763. The molecule has 0 saturated carbocycles. The van der Waals surface area contributed by atoms with Gasteiger partial charge in [-0.25, -0.2) is 8.78 Å². The molecule has 0 bridgehead atoms. The lowest BCUT2D eigenvalue weighted by Crippen LogP contribution is -2.56. The van der Waals surface area contributed by atoms with Gasteiger partial charge in [0.25, 0.3) is 0 Å². The summed E-state index contributed by atoms with van der Waals surface area (Å²) >= 11 is 0. The number of carbonyl (C=O) groups excluding carboxylic acids is 3. The number of nitrogens with zero attached hydrogens (tertiary/aromatic N) is 1. The predicted octanol–water partition coefficient (Wildman–Crippen LogP) is 2.27. The largest absolute Gasteiger partial charge is 0.354 e. The molecule has 0 spiro atoms. The van der Waals surface area contributed by atoms with Crippen LogP contribution < -0.4 is 11.1 Å². The third kappa shape index (κ3) is 5.52. The standard InChI is InChI=1S/C23H25F2N3O3/c1-14(26)23(31)28(21(29)11-15-9-18(24)13-19(25)10-15)20-12-17(7-8-27-22(20)30)16-5-3-2-4-6-16/h2-6,9-10,13-14,17,20H,7-8,11-12,26H2,1H3,(H,27,30)/t14-,17+,20-/m0/s1. The van der Waals surface area contributed by atoms with Gasteiger partial charge >= 0.3 is 0 Å². The van der Waals surface area contributed by atoms with E-state index in [0.29, 0.717) is 19.0 Å². The van der Waals surface area contributed by atoms with E-state index in [1.54, 1.807) is 0 Å². The van der Waals surface area contributed by atoms with Crippen LogP contribution in [0.15, 0.2) is 48.5 Å². The molecule has 1 heterocycles. The highest BCUT2D eigenvalue weighted by molar-refractivity contribution is 6.02. The third-order valence-corrected chi connectivity index (χ3v) is 5.36. The zero-order valence-electron chi connectivity index (χ0n) is 17.2. The topological polar surface area (TPSA) is 92.5 Å². The number of halogens is 2. The minimum atomic E-state index is -1.07. The molecule has 1 aliphatic rings. The van der Waals surface area contributed by atoms with E-state index >= 15 is 0 Å². The zero-order chi connectivity index (χ0) is 22.5. The first-order chi connectivity index (χ1) is 14.8. The molecule has 0 unspecified atom stereocenters. The maximum Gasteiger partial charge on any atom is 0.246 e. The van der Waals surface area contributed by atoms with E-state index in [1.165, 1.54) is 6.92 Å². The van der Waals surface area contributed by atoms with Crippen LogP contribution in [0.3, 0.4) is 0 Å². The molecule has 3 rings (SSSR count). The summed E-state index contributed by atoms with van der Waals surface area (Å²) in [6.45, 7) is 1.83. The summed E-state index contributed by atoms with van der Waals surface area (Å²) in [7, 11) is 0. The Kier molecular flexibility index (Phi) is 7.12. The van der Waals surface area contributed by atoms with Gasteiger partial charge in [-0.2, -0.15) is 0 Å². The lowest BCUT2D eigenvalue weighted by atomic mass is 9.89. The maximum absolute atomic E-state index is 13.6. The van der Waals surface area contributed by atoms with Gasteiger partial charge in [-0.05, 0) is 48.9 Å². The number of rotatable bonds is 5. The monoisotopic (exact) mass is 429 g/mol. The van der Waals surface area contributed by atoms with Gasteiger partial charge in [0, 0.05) is 12.6 Å². The van der Waals surface area contributed by atoms with Crippen LogP contribution in [0.4, 0.5) is 8.78 Å². The minimum Gasteiger partial charge on any atom is -0.354 e. The summed E-state index contributed by atoms with van der Waals surface area (Å²) in [5.74, 6) is -3.62. The molecule has 0 aromatic heterocycles. The summed E-state index contributed by atoms with van der Waals surface area (Å²) in [6.07, 6.45) is 0.445. The van der Waals surface area contributed by atoms with Crippen LogP contribution in [-0.2, 0) is 20.8 Å². The van der Waals surface area contributed by atoms with E-state index in [1.807, 2.05) is 30.3 Å². The van der Waals surface area contributed by atoms with Crippen molar-refractivity contribution in [3.05, 3.63) is 71.3 Å². The molecule has 0 aliphatic carbocycles. The van der Waals surface area contributed by atoms with Crippen molar-refractivity contribution in [2.24, 2.45) is 5.73 Å². The number of amides is 3. The molecule has 0 radical (unpaired) electrons. The van der Waals surface area contributed by atoms with Gasteiger partial charge in [-0.1, -0.05) is 30.3 Å². The van der Waals surface area contributed by atoms with Gasteiger partial charge < -0.3 is 11.1 Å². The molecule has 3 atom stereocenters. The Morgan fingerprint density at radius 3 is 2.42 bits per heavy atom. The molecule has 6 nitrogen and oxygen atoms in total. The predicted molar refractivity (Wildman–Crippen MR) is 111 cm³/mol. The smallest absolute Gasteiger partial charge is 0.246 e. The van der Waals surface area contributed by atoms with E-state index in [9.17, 15) is 23.2 Å². The third-order valence-electron chi connectivity index (χ3n) is 5.36.